The molecular weight excluding hydrogens is 274 g/mol. The SMILES string of the molecule is CCCN(CC(=O)NCCC#N)C1CCc2ccccc2C1. The highest BCUT2D eigenvalue weighted by Crippen LogP contribution is 2.24. The van der Waals surface area contributed by atoms with Crippen LogP contribution in [0.5, 0.6) is 0 Å². The van der Waals surface area contributed by atoms with Crippen LogP contribution in [0.3, 0.4) is 0 Å². The molecule has 0 radical (unpaired) electrons. The van der Waals surface area contributed by atoms with Gasteiger partial charge >= 0.3 is 0 Å². The Morgan fingerprint density at radius 1 is 1.41 bits per heavy atom. The largest absolute Gasteiger partial charge is 0.354 e. The van der Waals surface area contributed by atoms with E-state index >= 15 is 0 Å². The molecule has 0 aliphatic heterocycles. The van der Waals surface area contributed by atoms with E-state index < -0.39 is 0 Å². The Labute approximate surface area is 133 Å². The Hall–Kier alpha value is -1.86. The Morgan fingerprint density at radius 3 is 2.91 bits per heavy atom. The number of rotatable bonds is 7. The number of hydrogen-bond acceptors (Lipinski definition) is 3. The maximum absolute atomic E-state index is 12.0. The molecule has 1 N–H and O–H groups in total. The number of nitrogens with zero attached hydrogens (tertiary/aromatic N) is 2. The van der Waals surface area contributed by atoms with Crippen molar-refractivity contribution in [2.24, 2.45) is 0 Å². The minimum absolute atomic E-state index is 0.0301. The Balaban J connectivity index is 1.94. The zero-order valence-electron chi connectivity index (χ0n) is 13.3. The molecule has 1 aliphatic rings. The summed E-state index contributed by atoms with van der Waals surface area (Å²) < 4.78 is 0. The molecule has 22 heavy (non-hydrogen) atoms. The summed E-state index contributed by atoms with van der Waals surface area (Å²) in [5.74, 6) is 0.0301. The molecular formula is C18H25N3O. The molecule has 1 unspecified atom stereocenters. The summed E-state index contributed by atoms with van der Waals surface area (Å²) in [5.41, 5.74) is 2.87. The predicted octanol–water partition coefficient (Wildman–Crippen LogP) is 2.29. The third kappa shape index (κ3) is 4.57. The van der Waals surface area contributed by atoms with Gasteiger partial charge < -0.3 is 5.32 Å². The van der Waals surface area contributed by atoms with E-state index in [2.05, 4.69) is 41.4 Å². The number of amides is 1. The third-order valence-corrected chi connectivity index (χ3v) is 4.25. The maximum Gasteiger partial charge on any atom is 0.234 e. The van der Waals surface area contributed by atoms with Gasteiger partial charge in [0.05, 0.1) is 19.0 Å². The van der Waals surface area contributed by atoms with Crippen LogP contribution in [0.25, 0.3) is 0 Å². The van der Waals surface area contributed by atoms with Crippen LogP contribution >= 0.6 is 0 Å². The lowest BCUT2D eigenvalue weighted by Crippen LogP contribution is -2.45. The van der Waals surface area contributed by atoms with Crippen LogP contribution in [0.1, 0.15) is 37.3 Å². The van der Waals surface area contributed by atoms with Gasteiger partial charge in [-0.15, -0.1) is 0 Å². The molecule has 1 aromatic rings. The van der Waals surface area contributed by atoms with Crippen LogP contribution < -0.4 is 5.32 Å². The summed E-state index contributed by atoms with van der Waals surface area (Å²) in [5, 5.41) is 11.4. The third-order valence-electron chi connectivity index (χ3n) is 4.25. The molecule has 118 valence electrons. The molecule has 1 amide bonds. The van der Waals surface area contributed by atoms with Gasteiger partial charge in [-0.25, -0.2) is 0 Å². The fourth-order valence-corrected chi connectivity index (χ4v) is 3.17. The fourth-order valence-electron chi connectivity index (χ4n) is 3.17. The molecule has 2 rings (SSSR count). The summed E-state index contributed by atoms with van der Waals surface area (Å²) in [6.45, 7) is 3.98. The van der Waals surface area contributed by atoms with Crippen molar-refractivity contribution in [3.8, 4) is 6.07 Å². The smallest absolute Gasteiger partial charge is 0.234 e. The summed E-state index contributed by atoms with van der Waals surface area (Å²) >= 11 is 0. The van der Waals surface area contributed by atoms with Gasteiger partial charge in [0.1, 0.15) is 0 Å². The topological polar surface area (TPSA) is 56.1 Å². The van der Waals surface area contributed by atoms with Crippen LogP contribution in [0.15, 0.2) is 24.3 Å². The van der Waals surface area contributed by atoms with E-state index in [1.165, 1.54) is 11.1 Å². The average molecular weight is 299 g/mol. The molecule has 4 nitrogen and oxygen atoms in total. The van der Waals surface area contributed by atoms with Crippen molar-refractivity contribution in [2.45, 2.75) is 45.1 Å². The normalized spacial score (nSPS) is 16.9. The van der Waals surface area contributed by atoms with Crippen LogP contribution in [0.2, 0.25) is 0 Å². The zero-order chi connectivity index (χ0) is 15.8. The summed E-state index contributed by atoms with van der Waals surface area (Å²) in [7, 11) is 0. The summed E-state index contributed by atoms with van der Waals surface area (Å²) in [4.78, 5) is 14.3. The van der Waals surface area contributed by atoms with Gasteiger partial charge in [-0.05, 0) is 43.4 Å². The molecule has 0 bridgehead atoms. The van der Waals surface area contributed by atoms with Gasteiger partial charge in [0.25, 0.3) is 0 Å². The fraction of sp³-hybridized carbons (Fsp3) is 0.556. The molecule has 0 saturated heterocycles. The van der Waals surface area contributed by atoms with Crippen molar-refractivity contribution in [1.29, 1.82) is 5.26 Å². The Kier molecular flexibility index (Phi) is 6.42. The van der Waals surface area contributed by atoms with Crippen molar-refractivity contribution in [3.63, 3.8) is 0 Å². The van der Waals surface area contributed by atoms with E-state index in [1.54, 1.807) is 0 Å². The first kappa shape index (κ1) is 16.5. The molecule has 0 saturated carbocycles. The van der Waals surface area contributed by atoms with Gasteiger partial charge in [-0.1, -0.05) is 31.2 Å². The minimum Gasteiger partial charge on any atom is -0.354 e. The minimum atomic E-state index is 0.0301. The second-order valence-electron chi connectivity index (χ2n) is 5.89. The van der Waals surface area contributed by atoms with E-state index in [9.17, 15) is 4.79 Å². The average Bonchev–Trinajstić information content (AvgIpc) is 2.54. The highest BCUT2D eigenvalue weighted by molar-refractivity contribution is 5.78. The van der Waals surface area contributed by atoms with Crippen molar-refractivity contribution in [2.75, 3.05) is 19.6 Å². The zero-order valence-corrected chi connectivity index (χ0v) is 13.3. The van der Waals surface area contributed by atoms with E-state index in [1.807, 2.05) is 6.07 Å². The lowest BCUT2D eigenvalue weighted by atomic mass is 9.87. The molecule has 1 atom stereocenters. The number of nitrogens with one attached hydrogen (secondary N) is 1. The first-order chi connectivity index (χ1) is 10.7. The number of carbonyl (C=O) groups is 1. The van der Waals surface area contributed by atoms with Gasteiger partial charge in [-0.2, -0.15) is 5.26 Å². The lowest BCUT2D eigenvalue weighted by molar-refractivity contribution is -0.122. The van der Waals surface area contributed by atoms with Crippen molar-refractivity contribution in [1.82, 2.24) is 10.2 Å². The second-order valence-corrected chi connectivity index (χ2v) is 5.89. The van der Waals surface area contributed by atoms with Crippen LogP contribution in [0.4, 0.5) is 0 Å². The number of hydrogen-bond donors (Lipinski definition) is 1. The molecule has 1 aliphatic carbocycles. The molecule has 1 aromatic carbocycles. The van der Waals surface area contributed by atoms with Crippen molar-refractivity contribution in [3.05, 3.63) is 35.4 Å². The first-order valence-electron chi connectivity index (χ1n) is 8.19. The summed E-state index contributed by atoms with van der Waals surface area (Å²) in [6.07, 6.45) is 4.65. The quantitative estimate of drug-likeness (QED) is 0.786. The van der Waals surface area contributed by atoms with Crippen molar-refractivity contribution >= 4 is 5.91 Å². The summed E-state index contributed by atoms with van der Waals surface area (Å²) in [6, 6.07) is 11.1. The highest BCUT2D eigenvalue weighted by Gasteiger charge is 2.24. The number of carbonyl (C=O) groups excluding carboxylic acids is 1. The number of fused-ring (bicyclic) bond motifs is 1. The first-order valence-corrected chi connectivity index (χ1v) is 8.19. The molecule has 0 fully saturated rings. The maximum atomic E-state index is 12.0. The standard InChI is InChI=1S/C18H25N3O/c1-2-12-21(14-18(22)20-11-5-10-19)17-9-8-15-6-3-4-7-16(15)13-17/h3-4,6-7,17H,2,5,8-9,11-14H2,1H3,(H,20,22). The molecule has 4 heteroatoms. The molecule has 0 aromatic heterocycles. The van der Waals surface area contributed by atoms with Crippen LogP contribution in [-0.4, -0.2) is 36.5 Å². The van der Waals surface area contributed by atoms with E-state index in [0.717, 1.165) is 32.2 Å². The van der Waals surface area contributed by atoms with Crippen LogP contribution in [0, 0.1) is 11.3 Å². The second kappa shape index (κ2) is 8.55. The van der Waals surface area contributed by atoms with Crippen molar-refractivity contribution < 1.29 is 4.79 Å². The van der Waals surface area contributed by atoms with E-state index in [0.29, 0.717) is 25.6 Å². The highest BCUT2D eigenvalue weighted by atomic mass is 16.2. The van der Waals surface area contributed by atoms with Gasteiger partial charge in [0.15, 0.2) is 0 Å². The number of benzene rings is 1. The Morgan fingerprint density at radius 2 is 2.18 bits per heavy atom. The Bertz CT molecular complexity index is 535. The monoisotopic (exact) mass is 299 g/mol. The van der Waals surface area contributed by atoms with E-state index in [4.69, 9.17) is 5.26 Å². The number of nitriles is 1. The van der Waals surface area contributed by atoms with Gasteiger partial charge in [-0.3, -0.25) is 9.69 Å². The van der Waals surface area contributed by atoms with Crippen LogP contribution in [-0.2, 0) is 17.6 Å². The molecule has 0 heterocycles. The predicted molar refractivity (Wildman–Crippen MR) is 87.4 cm³/mol. The number of aryl methyl sites for hydroxylation is 1. The van der Waals surface area contributed by atoms with Gasteiger partial charge in [0.2, 0.25) is 5.91 Å². The van der Waals surface area contributed by atoms with Gasteiger partial charge in [0, 0.05) is 12.6 Å². The van der Waals surface area contributed by atoms with E-state index in [-0.39, 0.29) is 5.91 Å². The molecule has 0 spiro atoms. The lowest BCUT2D eigenvalue weighted by Gasteiger charge is -2.34.